The molecule has 0 spiro atoms. The van der Waals surface area contributed by atoms with Gasteiger partial charge in [-0.05, 0) is 47.7 Å². The van der Waals surface area contributed by atoms with Crippen LogP contribution in [-0.4, -0.2) is 0 Å². The molecule has 0 aliphatic rings. The Labute approximate surface area is 131 Å². The lowest BCUT2D eigenvalue weighted by atomic mass is 10.1. The zero-order valence-corrected chi connectivity index (χ0v) is 13.2. The van der Waals surface area contributed by atoms with Crippen molar-refractivity contribution in [2.24, 2.45) is 0 Å². The Morgan fingerprint density at radius 2 is 1.76 bits per heavy atom. The summed E-state index contributed by atoms with van der Waals surface area (Å²) in [4.78, 5) is 0. The summed E-state index contributed by atoms with van der Waals surface area (Å²) in [6, 6.07) is 17.2. The Balaban J connectivity index is 1.92. The van der Waals surface area contributed by atoms with E-state index < -0.39 is 0 Å². The van der Waals surface area contributed by atoms with Gasteiger partial charge in [0.2, 0.25) is 0 Å². The highest BCUT2D eigenvalue weighted by molar-refractivity contribution is 9.10. The SMILES string of the molecule is Cc1ccc(F)cc1CNc1ccc(Br)c2ccccc12. The summed E-state index contributed by atoms with van der Waals surface area (Å²) in [7, 11) is 0. The van der Waals surface area contributed by atoms with Gasteiger partial charge >= 0.3 is 0 Å². The predicted octanol–water partition coefficient (Wildman–Crippen LogP) is 5.66. The van der Waals surface area contributed by atoms with Crippen LogP contribution in [0.25, 0.3) is 10.8 Å². The lowest BCUT2D eigenvalue weighted by Gasteiger charge is -2.12. The molecule has 0 saturated carbocycles. The van der Waals surface area contributed by atoms with Gasteiger partial charge in [-0.2, -0.15) is 0 Å². The number of nitrogens with one attached hydrogen (secondary N) is 1. The number of rotatable bonds is 3. The second-order valence-electron chi connectivity index (χ2n) is 5.06. The van der Waals surface area contributed by atoms with E-state index in [0.29, 0.717) is 6.54 Å². The standard InChI is InChI=1S/C18H15BrFN/c1-12-6-7-14(20)10-13(12)11-21-18-9-8-17(19)15-4-2-3-5-16(15)18/h2-10,21H,11H2,1H3. The number of fused-ring (bicyclic) bond motifs is 1. The first kappa shape index (κ1) is 14.1. The normalized spacial score (nSPS) is 10.8. The van der Waals surface area contributed by atoms with Gasteiger partial charge in [-0.25, -0.2) is 4.39 Å². The van der Waals surface area contributed by atoms with E-state index in [-0.39, 0.29) is 5.82 Å². The maximum absolute atomic E-state index is 13.3. The Kier molecular flexibility index (Phi) is 3.93. The molecule has 3 aromatic rings. The predicted molar refractivity (Wildman–Crippen MR) is 90.1 cm³/mol. The zero-order valence-electron chi connectivity index (χ0n) is 11.7. The molecule has 0 aliphatic carbocycles. The van der Waals surface area contributed by atoms with Crippen LogP contribution in [0.2, 0.25) is 0 Å². The minimum absolute atomic E-state index is 0.196. The van der Waals surface area contributed by atoms with Crippen molar-refractivity contribution in [3.63, 3.8) is 0 Å². The van der Waals surface area contributed by atoms with Crippen LogP contribution < -0.4 is 5.32 Å². The molecule has 0 saturated heterocycles. The molecule has 0 unspecified atom stereocenters. The summed E-state index contributed by atoms with van der Waals surface area (Å²) in [5.41, 5.74) is 3.12. The Morgan fingerprint density at radius 3 is 2.57 bits per heavy atom. The molecule has 0 aromatic heterocycles. The molecule has 0 atom stereocenters. The maximum atomic E-state index is 13.3. The van der Waals surface area contributed by atoms with Crippen molar-refractivity contribution in [1.82, 2.24) is 0 Å². The first-order chi connectivity index (χ1) is 10.1. The van der Waals surface area contributed by atoms with E-state index >= 15 is 0 Å². The molecular formula is C18H15BrFN. The number of anilines is 1. The summed E-state index contributed by atoms with van der Waals surface area (Å²) in [5.74, 6) is -0.196. The van der Waals surface area contributed by atoms with E-state index in [9.17, 15) is 4.39 Å². The van der Waals surface area contributed by atoms with Gasteiger partial charge in [0.1, 0.15) is 5.82 Å². The van der Waals surface area contributed by atoms with Crippen molar-refractivity contribution < 1.29 is 4.39 Å². The van der Waals surface area contributed by atoms with Crippen LogP contribution in [0.3, 0.4) is 0 Å². The number of aryl methyl sites for hydroxylation is 1. The Hall–Kier alpha value is -1.87. The molecule has 0 radical (unpaired) electrons. The summed E-state index contributed by atoms with van der Waals surface area (Å²) >= 11 is 3.57. The van der Waals surface area contributed by atoms with Crippen LogP contribution in [0.1, 0.15) is 11.1 Å². The first-order valence-electron chi connectivity index (χ1n) is 6.81. The maximum Gasteiger partial charge on any atom is 0.123 e. The number of halogens is 2. The van der Waals surface area contributed by atoms with Gasteiger partial charge in [-0.3, -0.25) is 0 Å². The van der Waals surface area contributed by atoms with Crippen LogP contribution in [0.15, 0.2) is 59.1 Å². The van der Waals surface area contributed by atoms with Gasteiger partial charge < -0.3 is 5.32 Å². The molecule has 0 aliphatic heterocycles. The first-order valence-corrected chi connectivity index (χ1v) is 7.60. The lowest BCUT2D eigenvalue weighted by molar-refractivity contribution is 0.625. The van der Waals surface area contributed by atoms with Crippen molar-refractivity contribution in [2.75, 3.05) is 5.32 Å². The van der Waals surface area contributed by atoms with Crippen molar-refractivity contribution in [3.05, 3.63) is 76.0 Å². The van der Waals surface area contributed by atoms with Gasteiger partial charge in [0.25, 0.3) is 0 Å². The Bertz CT molecular complexity index is 798. The van der Waals surface area contributed by atoms with E-state index in [4.69, 9.17) is 0 Å². The molecule has 1 nitrogen and oxygen atoms in total. The van der Waals surface area contributed by atoms with Gasteiger partial charge in [0.15, 0.2) is 0 Å². The average Bonchev–Trinajstić information content (AvgIpc) is 2.50. The zero-order chi connectivity index (χ0) is 14.8. The minimum Gasteiger partial charge on any atom is -0.380 e. The highest BCUT2D eigenvalue weighted by Gasteiger charge is 2.05. The monoisotopic (exact) mass is 343 g/mol. The second-order valence-corrected chi connectivity index (χ2v) is 5.92. The van der Waals surface area contributed by atoms with Crippen LogP contribution in [-0.2, 0) is 6.54 Å². The Morgan fingerprint density at radius 1 is 1.00 bits per heavy atom. The number of benzene rings is 3. The highest BCUT2D eigenvalue weighted by Crippen LogP contribution is 2.30. The number of hydrogen-bond acceptors (Lipinski definition) is 1. The number of hydrogen-bond donors (Lipinski definition) is 1. The summed E-state index contributed by atoms with van der Waals surface area (Å²) in [6.45, 7) is 2.60. The third-order valence-electron chi connectivity index (χ3n) is 3.65. The van der Waals surface area contributed by atoms with Crippen molar-refractivity contribution in [1.29, 1.82) is 0 Å². The van der Waals surface area contributed by atoms with E-state index in [0.717, 1.165) is 26.7 Å². The average molecular weight is 344 g/mol. The molecule has 3 rings (SSSR count). The molecule has 3 heteroatoms. The summed E-state index contributed by atoms with van der Waals surface area (Å²) < 4.78 is 14.4. The van der Waals surface area contributed by atoms with Crippen LogP contribution in [0, 0.1) is 12.7 Å². The molecule has 0 amide bonds. The van der Waals surface area contributed by atoms with Gasteiger partial charge in [-0.1, -0.05) is 46.3 Å². The van der Waals surface area contributed by atoms with Crippen LogP contribution in [0.4, 0.5) is 10.1 Å². The molecule has 0 heterocycles. The molecule has 21 heavy (non-hydrogen) atoms. The van der Waals surface area contributed by atoms with Crippen LogP contribution >= 0.6 is 15.9 Å². The van der Waals surface area contributed by atoms with Crippen molar-refractivity contribution >= 4 is 32.4 Å². The van der Waals surface area contributed by atoms with Gasteiger partial charge in [0, 0.05) is 22.1 Å². The largest absolute Gasteiger partial charge is 0.380 e. The fourth-order valence-corrected chi connectivity index (χ4v) is 2.92. The fraction of sp³-hybridized carbons (Fsp3) is 0.111. The summed E-state index contributed by atoms with van der Waals surface area (Å²) in [6.07, 6.45) is 0. The topological polar surface area (TPSA) is 12.0 Å². The molecule has 0 bridgehead atoms. The lowest BCUT2D eigenvalue weighted by Crippen LogP contribution is -2.02. The third-order valence-corrected chi connectivity index (χ3v) is 4.34. The van der Waals surface area contributed by atoms with Crippen molar-refractivity contribution in [2.45, 2.75) is 13.5 Å². The molecule has 0 fully saturated rings. The molecule has 3 aromatic carbocycles. The van der Waals surface area contributed by atoms with E-state index in [1.165, 1.54) is 11.5 Å². The van der Waals surface area contributed by atoms with E-state index in [1.807, 2.05) is 37.3 Å². The van der Waals surface area contributed by atoms with Gasteiger partial charge in [0.05, 0.1) is 0 Å². The van der Waals surface area contributed by atoms with Crippen molar-refractivity contribution in [3.8, 4) is 0 Å². The third kappa shape index (κ3) is 2.93. The second kappa shape index (κ2) is 5.86. The molecule has 1 N–H and O–H groups in total. The van der Waals surface area contributed by atoms with Gasteiger partial charge in [-0.15, -0.1) is 0 Å². The van der Waals surface area contributed by atoms with Crippen LogP contribution in [0.5, 0.6) is 0 Å². The molecular weight excluding hydrogens is 329 g/mol. The summed E-state index contributed by atoms with van der Waals surface area (Å²) in [5, 5.41) is 5.73. The molecule has 106 valence electrons. The quantitative estimate of drug-likeness (QED) is 0.646. The van der Waals surface area contributed by atoms with E-state index in [1.54, 1.807) is 6.07 Å². The fourth-order valence-electron chi connectivity index (χ4n) is 2.44. The van der Waals surface area contributed by atoms with E-state index in [2.05, 4.69) is 33.4 Å². The smallest absolute Gasteiger partial charge is 0.123 e. The minimum atomic E-state index is -0.196. The highest BCUT2D eigenvalue weighted by atomic mass is 79.9.